The van der Waals surface area contributed by atoms with Crippen molar-refractivity contribution in [2.75, 3.05) is 26.3 Å². The van der Waals surface area contributed by atoms with Gasteiger partial charge in [-0.05, 0) is 31.2 Å². The van der Waals surface area contributed by atoms with Gasteiger partial charge in [0, 0.05) is 29.1 Å². The summed E-state index contributed by atoms with van der Waals surface area (Å²) < 4.78 is 11.3. The number of carbonyl (C=O) groups is 1. The fourth-order valence-corrected chi connectivity index (χ4v) is 4.62. The largest absolute Gasteiger partial charge is 0.411 e. The molecule has 0 spiro atoms. The number of nitrogens with zero attached hydrogens (tertiary/aromatic N) is 4. The molecule has 5 rings (SSSR count). The number of rotatable bonds is 5. The number of ether oxygens (including phenoxy) is 1. The first-order chi connectivity index (χ1) is 16.1. The number of amides is 1. The predicted molar refractivity (Wildman–Crippen MR) is 128 cm³/mol. The Morgan fingerprint density at radius 1 is 1.09 bits per heavy atom. The Morgan fingerprint density at radius 3 is 2.64 bits per heavy atom. The van der Waals surface area contributed by atoms with E-state index in [1.54, 1.807) is 0 Å². The number of halogens is 1. The third-order valence-corrected chi connectivity index (χ3v) is 6.61. The second-order valence-electron chi connectivity index (χ2n) is 7.65. The van der Waals surface area contributed by atoms with Gasteiger partial charge in [-0.25, -0.2) is 4.98 Å². The zero-order valence-electron chi connectivity index (χ0n) is 17.9. The van der Waals surface area contributed by atoms with Gasteiger partial charge in [-0.3, -0.25) is 4.79 Å². The number of morpholine rings is 1. The molecule has 0 N–H and O–H groups in total. The highest BCUT2D eigenvalue weighted by atomic mass is 35.5. The standard InChI is InChI=1S/C24H21ClN4O3S/c1-15(23(30)29-10-12-31-13-11-29)33-24-28-27-22(32-24)19-14-21(16-6-8-17(25)9-7-16)26-20-5-3-2-4-18(19)20/h2-9,14-15H,10-13H2,1H3. The van der Waals surface area contributed by atoms with E-state index < -0.39 is 0 Å². The van der Waals surface area contributed by atoms with Crippen molar-refractivity contribution < 1.29 is 13.9 Å². The van der Waals surface area contributed by atoms with Gasteiger partial charge in [0.15, 0.2) is 0 Å². The lowest BCUT2D eigenvalue weighted by atomic mass is 10.0. The molecular formula is C24H21ClN4O3S. The fourth-order valence-electron chi connectivity index (χ4n) is 3.73. The lowest BCUT2D eigenvalue weighted by molar-refractivity contribution is -0.134. The van der Waals surface area contributed by atoms with Gasteiger partial charge in [-0.2, -0.15) is 0 Å². The van der Waals surface area contributed by atoms with Gasteiger partial charge in [0.1, 0.15) is 0 Å². The van der Waals surface area contributed by atoms with E-state index in [0.717, 1.165) is 27.7 Å². The predicted octanol–water partition coefficient (Wildman–Crippen LogP) is 4.94. The van der Waals surface area contributed by atoms with Gasteiger partial charge in [-0.1, -0.05) is 53.7 Å². The molecule has 2 aromatic heterocycles. The van der Waals surface area contributed by atoms with Crippen molar-refractivity contribution in [1.82, 2.24) is 20.1 Å². The molecule has 0 saturated carbocycles. The summed E-state index contributed by atoms with van der Waals surface area (Å²) in [6, 6.07) is 17.3. The lowest BCUT2D eigenvalue weighted by Crippen LogP contribution is -2.44. The molecule has 1 aliphatic rings. The van der Waals surface area contributed by atoms with Crippen LogP contribution in [0.15, 0.2) is 64.2 Å². The summed E-state index contributed by atoms with van der Waals surface area (Å²) in [6.45, 7) is 4.20. The maximum atomic E-state index is 12.7. The van der Waals surface area contributed by atoms with Crippen LogP contribution in [0.4, 0.5) is 0 Å². The van der Waals surface area contributed by atoms with Gasteiger partial charge < -0.3 is 14.1 Å². The quantitative estimate of drug-likeness (QED) is 0.374. The van der Waals surface area contributed by atoms with Crippen LogP contribution in [0, 0.1) is 0 Å². The molecular weight excluding hydrogens is 460 g/mol. The lowest BCUT2D eigenvalue weighted by Gasteiger charge is -2.28. The minimum absolute atomic E-state index is 0.0439. The van der Waals surface area contributed by atoms with Crippen molar-refractivity contribution in [2.45, 2.75) is 17.4 Å². The number of hydrogen-bond acceptors (Lipinski definition) is 7. The van der Waals surface area contributed by atoms with Crippen LogP contribution in [0.1, 0.15) is 6.92 Å². The average molecular weight is 481 g/mol. The third kappa shape index (κ3) is 4.73. The van der Waals surface area contributed by atoms with Crippen LogP contribution in [0.3, 0.4) is 0 Å². The second kappa shape index (κ2) is 9.51. The molecule has 1 aliphatic heterocycles. The van der Waals surface area contributed by atoms with Crippen molar-refractivity contribution >= 4 is 40.2 Å². The molecule has 0 aliphatic carbocycles. The van der Waals surface area contributed by atoms with E-state index in [2.05, 4.69) is 10.2 Å². The summed E-state index contributed by atoms with van der Waals surface area (Å²) in [5.41, 5.74) is 3.33. The summed E-state index contributed by atoms with van der Waals surface area (Å²) in [4.78, 5) is 19.3. The summed E-state index contributed by atoms with van der Waals surface area (Å²) in [5.74, 6) is 0.430. The molecule has 1 fully saturated rings. The number of benzene rings is 2. The van der Waals surface area contributed by atoms with Gasteiger partial charge in [0.05, 0.1) is 35.2 Å². The molecule has 0 bridgehead atoms. The summed E-state index contributed by atoms with van der Waals surface area (Å²) in [5, 5.41) is 10.1. The van der Waals surface area contributed by atoms with Crippen LogP contribution in [-0.2, 0) is 9.53 Å². The van der Waals surface area contributed by atoms with Crippen LogP contribution in [-0.4, -0.2) is 57.5 Å². The molecule has 1 saturated heterocycles. The number of fused-ring (bicyclic) bond motifs is 1. The Kier molecular flexibility index (Phi) is 6.30. The van der Waals surface area contributed by atoms with Gasteiger partial charge in [0.25, 0.3) is 5.22 Å². The summed E-state index contributed by atoms with van der Waals surface area (Å²) in [7, 11) is 0. The molecule has 0 radical (unpaired) electrons. The second-order valence-corrected chi connectivity index (χ2v) is 9.38. The van der Waals surface area contributed by atoms with Crippen LogP contribution < -0.4 is 0 Å². The average Bonchev–Trinajstić information content (AvgIpc) is 3.32. The molecule has 1 atom stereocenters. The normalized spacial score (nSPS) is 15.0. The Bertz CT molecular complexity index is 1290. The van der Waals surface area contributed by atoms with E-state index in [4.69, 9.17) is 25.7 Å². The highest BCUT2D eigenvalue weighted by Gasteiger charge is 2.25. The third-order valence-electron chi connectivity index (χ3n) is 5.44. The van der Waals surface area contributed by atoms with Crippen molar-refractivity contribution in [3.05, 3.63) is 59.6 Å². The zero-order valence-corrected chi connectivity index (χ0v) is 19.5. The smallest absolute Gasteiger partial charge is 0.277 e. The van der Waals surface area contributed by atoms with E-state index in [0.29, 0.717) is 42.4 Å². The number of hydrogen-bond donors (Lipinski definition) is 0. The monoisotopic (exact) mass is 480 g/mol. The zero-order chi connectivity index (χ0) is 22.8. The van der Waals surface area contributed by atoms with Crippen molar-refractivity contribution in [3.8, 4) is 22.7 Å². The van der Waals surface area contributed by atoms with Crippen LogP contribution in [0.25, 0.3) is 33.6 Å². The number of aromatic nitrogens is 3. The molecule has 2 aromatic carbocycles. The molecule has 7 nitrogen and oxygen atoms in total. The molecule has 9 heteroatoms. The van der Waals surface area contributed by atoms with E-state index in [1.165, 1.54) is 11.8 Å². The Hall–Kier alpha value is -2.94. The number of carbonyl (C=O) groups excluding carboxylic acids is 1. The summed E-state index contributed by atoms with van der Waals surface area (Å²) >= 11 is 7.31. The number of thioether (sulfide) groups is 1. The van der Waals surface area contributed by atoms with Crippen molar-refractivity contribution in [1.29, 1.82) is 0 Å². The Labute approximate surface area is 200 Å². The highest BCUT2D eigenvalue weighted by Crippen LogP contribution is 2.34. The van der Waals surface area contributed by atoms with E-state index in [-0.39, 0.29) is 11.2 Å². The molecule has 3 heterocycles. The number of pyridine rings is 1. The first kappa shape index (κ1) is 21.9. The van der Waals surface area contributed by atoms with E-state index >= 15 is 0 Å². The first-order valence-electron chi connectivity index (χ1n) is 10.6. The molecule has 1 amide bonds. The first-order valence-corrected chi connectivity index (χ1v) is 11.9. The van der Waals surface area contributed by atoms with E-state index in [9.17, 15) is 4.79 Å². The van der Waals surface area contributed by atoms with Crippen LogP contribution in [0.2, 0.25) is 5.02 Å². The Balaban J connectivity index is 1.44. The number of para-hydroxylation sites is 1. The topological polar surface area (TPSA) is 81.3 Å². The maximum absolute atomic E-state index is 12.7. The van der Waals surface area contributed by atoms with Gasteiger partial charge in [-0.15, -0.1) is 10.2 Å². The fraction of sp³-hybridized carbons (Fsp3) is 0.250. The molecule has 33 heavy (non-hydrogen) atoms. The maximum Gasteiger partial charge on any atom is 0.277 e. The SMILES string of the molecule is CC(Sc1nnc(-c2cc(-c3ccc(Cl)cc3)nc3ccccc23)o1)C(=O)N1CCOCC1. The van der Waals surface area contributed by atoms with Crippen molar-refractivity contribution in [3.63, 3.8) is 0 Å². The van der Waals surface area contributed by atoms with Crippen LogP contribution >= 0.6 is 23.4 Å². The minimum Gasteiger partial charge on any atom is -0.411 e. The Morgan fingerprint density at radius 2 is 1.85 bits per heavy atom. The molecule has 1 unspecified atom stereocenters. The molecule has 168 valence electrons. The van der Waals surface area contributed by atoms with Crippen LogP contribution in [0.5, 0.6) is 0 Å². The summed E-state index contributed by atoms with van der Waals surface area (Å²) in [6.07, 6.45) is 0. The highest BCUT2D eigenvalue weighted by molar-refractivity contribution is 8.00. The molecule has 4 aromatic rings. The minimum atomic E-state index is -0.338. The van der Waals surface area contributed by atoms with E-state index in [1.807, 2.05) is 66.4 Å². The van der Waals surface area contributed by atoms with Gasteiger partial charge in [0.2, 0.25) is 11.8 Å². The van der Waals surface area contributed by atoms with Crippen molar-refractivity contribution in [2.24, 2.45) is 0 Å². The van der Waals surface area contributed by atoms with Gasteiger partial charge >= 0.3 is 0 Å².